The van der Waals surface area contributed by atoms with E-state index in [1.165, 1.54) is 13.2 Å². The Hall–Kier alpha value is -2.15. The van der Waals surface area contributed by atoms with Gasteiger partial charge in [-0.3, -0.25) is 14.5 Å². The summed E-state index contributed by atoms with van der Waals surface area (Å²) in [6, 6.07) is 4.08. The van der Waals surface area contributed by atoms with Gasteiger partial charge in [0, 0.05) is 37.8 Å². The molecule has 2 N–H and O–H groups in total. The number of hydrogen-bond acceptors (Lipinski definition) is 4. The highest BCUT2D eigenvalue weighted by Gasteiger charge is 2.31. The van der Waals surface area contributed by atoms with Crippen molar-refractivity contribution in [1.82, 2.24) is 15.5 Å². The van der Waals surface area contributed by atoms with Crippen LogP contribution >= 0.6 is 0 Å². The Kier molecular flexibility index (Phi) is 7.18. The molecule has 0 saturated carbocycles. The average molecular weight is 351 g/mol. The lowest BCUT2D eigenvalue weighted by Crippen LogP contribution is -2.56. The van der Waals surface area contributed by atoms with Crippen molar-refractivity contribution in [3.63, 3.8) is 0 Å². The van der Waals surface area contributed by atoms with E-state index in [9.17, 15) is 14.0 Å². The molecular weight excluding hydrogens is 325 g/mol. The Bertz CT molecular complexity index is 609. The lowest BCUT2D eigenvalue weighted by atomic mass is 10.1. The first-order valence-corrected chi connectivity index (χ1v) is 8.66. The number of carbonyl (C=O) groups is 2. The Morgan fingerprint density at radius 2 is 2.28 bits per heavy atom. The Morgan fingerprint density at radius 3 is 2.96 bits per heavy atom. The molecule has 0 radical (unpaired) electrons. The number of piperazine rings is 1. The van der Waals surface area contributed by atoms with Gasteiger partial charge >= 0.3 is 0 Å². The lowest BCUT2D eigenvalue weighted by molar-refractivity contribution is -0.134. The fraction of sp³-hybridized carbons (Fsp3) is 0.556. The van der Waals surface area contributed by atoms with Crippen LogP contribution in [-0.2, 0) is 16.1 Å². The van der Waals surface area contributed by atoms with Crippen LogP contribution in [0.4, 0.5) is 4.39 Å². The van der Waals surface area contributed by atoms with Crippen LogP contribution in [0.5, 0.6) is 5.75 Å². The molecule has 1 aliphatic heterocycles. The summed E-state index contributed by atoms with van der Waals surface area (Å²) in [7, 11) is 1.48. The van der Waals surface area contributed by atoms with Crippen LogP contribution in [0.25, 0.3) is 0 Å². The van der Waals surface area contributed by atoms with Crippen molar-refractivity contribution in [2.45, 2.75) is 38.8 Å². The summed E-state index contributed by atoms with van der Waals surface area (Å²) in [4.78, 5) is 26.1. The van der Waals surface area contributed by atoms with Crippen LogP contribution in [0.3, 0.4) is 0 Å². The Morgan fingerprint density at radius 1 is 1.48 bits per heavy atom. The molecule has 138 valence electrons. The maximum atomic E-state index is 14.2. The summed E-state index contributed by atoms with van der Waals surface area (Å²) in [6.45, 7) is 3.99. The molecule has 1 aromatic rings. The number of nitrogens with zero attached hydrogens (tertiary/aromatic N) is 1. The zero-order valence-electron chi connectivity index (χ0n) is 14.8. The number of rotatable bonds is 8. The van der Waals surface area contributed by atoms with Crippen molar-refractivity contribution in [2.75, 3.05) is 26.7 Å². The first kappa shape index (κ1) is 19.2. The second kappa shape index (κ2) is 9.36. The minimum atomic E-state index is -0.586. The Balaban J connectivity index is 2.03. The molecule has 1 aliphatic rings. The van der Waals surface area contributed by atoms with Crippen molar-refractivity contribution in [2.24, 2.45) is 0 Å². The fourth-order valence-electron chi connectivity index (χ4n) is 2.83. The molecular formula is C18H26FN3O3. The third-order valence-corrected chi connectivity index (χ3v) is 4.31. The molecule has 1 heterocycles. The van der Waals surface area contributed by atoms with Crippen LogP contribution in [0.15, 0.2) is 18.2 Å². The van der Waals surface area contributed by atoms with Gasteiger partial charge in [-0.1, -0.05) is 19.4 Å². The fourth-order valence-corrected chi connectivity index (χ4v) is 2.83. The van der Waals surface area contributed by atoms with Gasteiger partial charge in [0.2, 0.25) is 11.8 Å². The van der Waals surface area contributed by atoms with Crippen LogP contribution in [-0.4, -0.2) is 49.5 Å². The van der Waals surface area contributed by atoms with Gasteiger partial charge in [-0.15, -0.1) is 0 Å². The number of halogens is 1. The highest BCUT2D eigenvalue weighted by molar-refractivity contribution is 5.88. The minimum Gasteiger partial charge on any atom is -0.497 e. The quantitative estimate of drug-likeness (QED) is 0.696. The Labute approximate surface area is 147 Å². The molecule has 0 unspecified atom stereocenters. The summed E-state index contributed by atoms with van der Waals surface area (Å²) in [5.41, 5.74) is 0.479. The molecule has 1 saturated heterocycles. The van der Waals surface area contributed by atoms with Gasteiger partial charge in [-0.05, 0) is 12.5 Å². The number of benzene rings is 1. The number of methoxy groups -OCH3 is 1. The zero-order valence-corrected chi connectivity index (χ0v) is 14.8. The summed E-state index contributed by atoms with van der Waals surface area (Å²) in [5, 5.41) is 5.61. The second-order valence-electron chi connectivity index (χ2n) is 6.14. The molecule has 0 aromatic heterocycles. The maximum absolute atomic E-state index is 14.2. The number of ether oxygens (including phenoxy) is 1. The van der Waals surface area contributed by atoms with Crippen molar-refractivity contribution in [3.8, 4) is 5.75 Å². The van der Waals surface area contributed by atoms with E-state index < -0.39 is 6.04 Å². The second-order valence-corrected chi connectivity index (χ2v) is 6.14. The van der Waals surface area contributed by atoms with E-state index >= 15 is 0 Å². The predicted molar refractivity (Wildman–Crippen MR) is 92.7 cm³/mol. The summed E-state index contributed by atoms with van der Waals surface area (Å²) >= 11 is 0. The average Bonchev–Trinajstić information content (AvgIpc) is 2.59. The van der Waals surface area contributed by atoms with E-state index in [1.54, 1.807) is 12.1 Å². The van der Waals surface area contributed by atoms with Crippen molar-refractivity contribution < 1.29 is 18.7 Å². The third kappa shape index (κ3) is 5.42. The van der Waals surface area contributed by atoms with Gasteiger partial charge in [-0.25, -0.2) is 4.39 Å². The maximum Gasteiger partial charge on any atom is 0.237 e. The molecule has 1 aromatic carbocycles. The predicted octanol–water partition coefficient (Wildman–Crippen LogP) is 1.44. The highest BCUT2D eigenvalue weighted by atomic mass is 19.1. The monoisotopic (exact) mass is 351 g/mol. The van der Waals surface area contributed by atoms with E-state index in [-0.39, 0.29) is 30.6 Å². The van der Waals surface area contributed by atoms with Crippen molar-refractivity contribution in [3.05, 3.63) is 29.6 Å². The number of amides is 2. The number of unbranched alkanes of at least 4 members (excludes halogenated alkanes) is 1. The SMILES string of the molecule is CCCCNC(=O)C[C@H]1C(=O)NCCN1Cc1ccc(OC)cc1F. The molecule has 25 heavy (non-hydrogen) atoms. The normalized spacial score (nSPS) is 17.9. The molecule has 6 nitrogen and oxygen atoms in total. The third-order valence-electron chi connectivity index (χ3n) is 4.31. The summed E-state index contributed by atoms with van der Waals surface area (Å²) in [6.07, 6.45) is 1.98. The van der Waals surface area contributed by atoms with Gasteiger partial charge in [-0.2, -0.15) is 0 Å². The van der Waals surface area contributed by atoms with Gasteiger partial charge in [0.25, 0.3) is 0 Å². The van der Waals surface area contributed by atoms with Crippen LogP contribution in [0.2, 0.25) is 0 Å². The molecule has 0 aliphatic carbocycles. The standard InChI is InChI=1S/C18H26FN3O3/c1-3-4-7-20-17(23)11-16-18(24)21-8-9-22(16)12-13-5-6-14(25-2)10-15(13)19/h5-6,10,16H,3-4,7-9,11-12H2,1-2H3,(H,20,23)(H,21,24)/t16-/m0/s1. The van der Waals surface area contributed by atoms with E-state index in [0.717, 1.165) is 12.8 Å². The van der Waals surface area contributed by atoms with E-state index in [1.807, 2.05) is 11.8 Å². The lowest BCUT2D eigenvalue weighted by Gasteiger charge is -2.34. The molecule has 1 atom stereocenters. The zero-order chi connectivity index (χ0) is 18.2. The molecule has 2 rings (SSSR count). The van der Waals surface area contributed by atoms with E-state index in [4.69, 9.17) is 4.74 Å². The molecule has 0 spiro atoms. The van der Waals surface area contributed by atoms with Gasteiger partial charge < -0.3 is 15.4 Å². The molecule has 0 bridgehead atoms. The van der Waals surface area contributed by atoms with Gasteiger partial charge in [0.15, 0.2) is 0 Å². The molecule has 1 fully saturated rings. The van der Waals surface area contributed by atoms with Crippen molar-refractivity contribution >= 4 is 11.8 Å². The van der Waals surface area contributed by atoms with E-state index in [2.05, 4.69) is 10.6 Å². The van der Waals surface area contributed by atoms with Crippen molar-refractivity contribution in [1.29, 1.82) is 0 Å². The van der Waals surface area contributed by atoms with Crippen LogP contribution < -0.4 is 15.4 Å². The summed E-state index contributed by atoms with van der Waals surface area (Å²) in [5.74, 6) is -0.275. The van der Waals surface area contributed by atoms with Gasteiger partial charge in [0.1, 0.15) is 11.6 Å². The first-order valence-electron chi connectivity index (χ1n) is 8.66. The number of carbonyl (C=O) groups excluding carboxylic acids is 2. The number of hydrogen-bond donors (Lipinski definition) is 2. The van der Waals surface area contributed by atoms with Gasteiger partial charge in [0.05, 0.1) is 19.6 Å². The van der Waals surface area contributed by atoms with Crippen LogP contribution in [0.1, 0.15) is 31.7 Å². The topological polar surface area (TPSA) is 70.7 Å². The number of nitrogens with one attached hydrogen (secondary N) is 2. The minimum absolute atomic E-state index is 0.0767. The largest absolute Gasteiger partial charge is 0.497 e. The first-order chi connectivity index (χ1) is 12.0. The molecule has 2 amide bonds. The smallest absolute Gasteiger partial charge is 0.237 e. The summed E-state index contributed by atoms with van der Waals surface area (Å²) < 4.78 is 19.2. The van der Waals surface area contributed by atoms with E-state index in [0.29, 0.717) is 30.9 Å². The van der Waals surface area contributed by atoms with Crippen LogP contribution in [0, 0.1) is 5.82 Å². The highest BCUT2D eigenvalue weighted by Crippen LogP contribution is 2.20. The molecule has 7 heteroatoms.